The molecule has 0 amide bonds. The van der Waals surface area contributed by atoms with E-state index in [0.29, 0.717) is 18.1 Å². The Morgan fingerprint density at radius 3 is 2.96 bits per heavy atom. The summed E-state index contributed by atoms with van der Waals surface area (Å²) in [5.41, 5.74) is 1.29. The topological polar surface area (TPSA) is 45.7 Å². The summed E-state index contributed by atoms with van der Waals surface area (Å²) in [6.45, 7) is 10.4. The fourth-order valence-electron chi connectivity index (χ4n) is 4.12. The van der Waals surface area contributed by atoms with Crippen molar-refractivity contribution in [2.24, 2.45) is 16.3 Å². The molecule has 2 N–H and O–H groups in total. The van der Waals surface area contributed by atoms with Crippen LogP contribution in [0.3, 0.4) is 0 Å². The number of hydrogen-bond acceptors (Lipinski definition) is 2. The summed E-state index contributed by atoms with van der Waals surface area (Å²) < 4.78 is 5.89. The molecule has 2 fully saturated rings. The Labute approximate surface area is 150 Å². The molecule has 0 radical (unpaired) electrons. The molecule has 3 rings (SSSR count). The van der Waals surface area contributed by atoms with Crippen LogP contribution < -0.4 is 10.6 Å². The van der Waals surface area contributed by atoms with Crippen LogP contribution in [-0.4, -0.2) is 31.3 Å². The third-order valence-corrected chi connectivity index (χ3v) is 5.65. The molecule has 24 heavy (non-hydrogen) atoms. The second-order valence-electron chi connectivity index (χ2n) is 7.43. The molecule has 1 aliphatic heterocycles. The zero-order chi connectivity index (χ0) is 17.3. The quantitative estimate of drug-likeness (QED) is 0.642. The van der Waals surface area contributed by atoms with E-state index in [-0.39, 0.29) is 11.5 Å². The Bertz CT molecular complexity index is 616. The second kappa shape index (κ2) is 6.93. The van der Waals surface area contributed by atoms with E-state index in [1.807, 2.05) is 18.2 Å². The minimum Gasteiger partial charge on any atom is -0.377 e. The lowest BCUT2D eigenvalue weighted by atomic mass is 9.57. The van der Waals surface area contributed by atoms with Crippen molar-refractivity contribution >= 4 is 17.6 Å². The predicted octanol–water partition coefficient (Wildman–Crippen LogP) is 3.77. The van der Waals surface area contributed by atoms with Crippen LogP contribution in [0.15, 0.2) is 29.3 Å². The van der Waals surface area contributed by atoms with Crippen LogP contribution >= 0.6 is 11.6 Å². The molecule has 1 aliphatic carbocycles. The molecule has 0 aromatic heterocycles. The Hall–Kier alpha value is -1.26. The van der Waals surface area contributed by atoms with Crippen molar-refractivity contribution in [3.63, 3.8) is 0 Å². The number of halogens is 1. The van der Waals surface area contributed by atoms with Gasteiger partial charge in [-0.2, -0.15) is 0 Å². The maximum absolute atomic E-state index is 6.11. The number of benzene rings is 1. The van der Waals surface area contributed by atoms with Gasteiger partial charge in [-0.25, -0.2) is 0 Å². The summed E-state index contributed by atoms with van der Waals surface area (Å²) in [5, 5.41) is 7.93. The first kappa shape index (κ1) is 17.6. The smallest absolute Gasteiger partial charge is 0.191 e. The zero-order valence-corrected chi connectivity index (χ0v) is 15.7. The summed E-state index contributed by atoms with van der Waals surface area (Å²) in [6, 6.07) is 8.50. The largest absolute Gasteiger partial charge is 0.377 e. The molecule has 5 heteroatoms. The van der Waals surface area contributed by atoms with Gasteiger partial charge in [0.1, 0.15) is 0 Å². The van der Waals surface area contributed by atoms with E-state index < -0.39 is 0 Å². The first-order valence-electron chi connectivity index (χ1n) is 8.88. The minimum atomic E-state index is 0.136. The van der Waals surface area contributed by atoms with E-state index in [1.165, 1.54) is 0 Å². The molecule has 4 atom stereocenters. The molecule has 1 saturated carbocycles. The van der Waals surface area contributed by atoms with Crippen molar-refractivity contribution in [2.45, 2.75) is 52.3 Å². The van der Waals surface area contributed by atoms with Crippen molar-refractivity contribution in [3.05, 3.63) is 34.9 Å². The maximum Gasteiger partial charge on any atom is 0.191 e. The van der Waals surface area contributed by atoms with Gasteiger partial charge in [-0.3, -0.25) is 4.99 Å². The molecule has 2 aliphatic rings. The van der Waals surface area contributed by atoms with E-state index in [2.05, 4.69) is 49.4 Å². The highest BCUT2D eigenvalue weighted by Gasteiger charge is 2.59. The van der Waals surface area contributed by atoms with Gasteiger partial charge in [-0.05, 0) is 38.0 Å². The van der Waals surface area contributed by atoms with Gasteiger partial charge in [0.2, 0.25) is 0 Å². The highest BCUT2D eigenvalue weighted by atomic mass is 35.5. The molecule has 1 aromatic carbocycles. The van der Waals surface area contributed by atoms with Crippen molar-refractivity contribution in [2.75, 3.05) is 13.2 Å². The van der Waals surface area contributed by atoms with Crippen LogP contribution in [0.25, 0.3) is 0 Å². The van der Waals surface area contributed by atoms with E-state index >= 15 is 0 Å². The van der Waals surface area contributed by atoms with Crippen LogP contribution in [0.4, 0.5) is 0 Å². The lowest BCUT2D eigenvalue weighted by molar-refractivity contribution is -0.106. The van der Waals surface area contributed by atoms with Gasteiger partial charge < -0.3 is 15.4 Å². The highest BCUT2D eigenvalue weighted by Crippen LogP contribution is 2.52. The third-order valence-electron chi connectivity index (χ3n) is 5.41. The Balaban J connectivity index is 1.68. The average molecular weight is 350 g/mol. The Morgan fingerprint density at radius 2 is 2.25 bits per heavy atom. The number of aliphatic imine (C=N–C) groups is 1. The number of guanidine groups is 1. The van der Waals surface area contributed by atoms with Crippen molar-refractivity contribution < 1.29 is 4.74 Å². The average Bonchev–Trinajstić information content (AvgIpc) is 2.99. The number of rotatable bonds is 4. The van der Waals surface area contributed by atoms with Gasteiger partial charge in [-0.1, -0.05) is 37.6 Å². The number of nitrogens with one attached hydrogen (secondary N) is 2. The van der Waals surface area contributed by atoms with Crippen molar-refractivity contribution in [1.82, 2.24) is 10.6 Å². The van der Waals surface area contributed by atoms with Gasteiger partial charge in [-0.15, -0.1) is 0 Å². The van der Waals surface area contributed by atoms with Crippen molar-refractivity contribution in [3.8, 4) is 0 Å². The van der Waals surface area contributed by atoms with Gasteiger partial charge in [0, 0.05) is 35.5 Å². The van der Waals surface area contributed by atoms with Crippen LogP contribution in [0.2, 0.25) is 5.02 Å². The van der Waals surface area contributed by atoms with Crippen LogP contribution in [0.1, 0.15) is 45.7 Å². The molecule has 0 bridgehead atoms. The summed E-state index contributed by atoms with van der Waals surface area (Å²) in [7, 11) is 0. The maximum atomic E-state index is 6.11. The van der Waals surface area contributed by atoms with Crippen molar-refractivity contribution in [1.29, 1.82) is 0 Å². The van der Waals surface area contributed by atoms with E-state index in [1.54, 1.807) is 0 Å². The molecule has 0 spiro atoms. The summed E-state index contributed by atoms with van der Waals surface area (Å²) in [5.74, 6) is 1.46. The first-order valence-corrected chi connectivity index (χ1v) is 9.26. The Kier molecular flexibility index (Phi) is 5.07. The highest BCUT2D eigenvalue weighted by molar-refractivity contribution is 6.30. The summed E-state index contributed by atoms with van der Waals surface area (Å²) >= 11 is 6.11. The van der Waals surface area contributed by atoms with Gasteiger partial charge >= 0.3 is 0 Å². The lowest BCUT2D eigenvalue weighted by Gasteiger charge is -2.55. The molecule has 4 unspecified atom stereocenters. The van der Waals surface area contributed by atoms with E-state index in [4.69, 9.17) is 16.3 Å². The molecule has 4 nitrogen and oxygen atoms in total. The summed E-state index contributed by atoms with van der Waals surface area (Å²) in [4.78, 5) is 4.63. The Morgan fingerprint density at radius 1 is 1.46 bits per heavy atom. The molecule has 1 saturated heterocycles. The zero-order valence-electron chi connectivity index (χ0n) is 15.0. The van der Waals surface area contributed by atoms with Gasteiger partial charge in [0.05, 0.1) is 12.1 Å². The standard InChI is InChI=1S/C19H28ClN3O/c1-5-21-18(22-12(2)13-7-6-8-14(20)11-13)23-16-15-9-10-24-17(15)19(16,3)4/h6-8,11-12,15-17H,5,9-10H2,1-4H3,(H2,21,22,23). The van der Waals surface area contributed by atoms with Crippen LogP contribution in [0.5, 0.6) is 0 Å². The molecule has 1 heterocycles. The number of nitrogens with zero attached hydrogens (tertiary/aromatic N) is 1. The van der Waals surface area contributed by atoms with E-state index in [0.717, 1.165) is 36.1 Å². The van der Waals surface area contributed by atoms with Crippen LogP contribution in [-0.2, 0) is 4.74 Å². The fourth-order valence-corrected chi connectivity index (χ4v) is 4.32. The third kappa shape index (κ3) is 3.27. The number of hydrogen-bond donors (Lipinski definition) is 2. The predicted molar refractivity (Wildman–Crippen MR) is 99.5 cm³/mol. The van der Waals surface area contributed by atoms with E-state index in [9.17, 15) is 0 Å². The number of fused-ring (bicyclic) bond motifs is 1. The van der Waals surface area contributed by atoms with Gasteiger partial charge in [0.15, 0.2) is 5.96 Å². The fraction of sp³-hybridized carbons (Fsp3) is 0.632. The molecular weight excluding hydrogens is 322 g/mol. The molecule has 1 aromatic rings. The lowest BCUT2D eigenvalue weighted by Crippen LogP contribution is -2.68. The first-order chi connectivity index (χ1) is 11.4. The second-order valence-corrected chi connectivity index (χ2v) is 7.87. The SMILES string of the molecule is CCN=C(NC(C)c1cccc(Cl)c1)NC1C2CCOC2C1(C)C. The number of ether oxygens (including phenoxy) is 1. The van der Waals surface area contributed by atoms with Gasteiger partial charge in [0.25, 0.3) is 0 Å². The van der Waals surface area contributed by atoms with Crippen LogP contribution in [0, 0.1) is 11.3 Å². The molecular formula is C19H28ClN3O. The minimum absolute atomic E-state index is 0.136. The monoisotopic (exact) mass is 349 g/mol. The summed E-state index contributed by atoms with van der Waals surface area (Å²) in [6.07, 6.45) is 1.51. The molecule has 132 valence electrons. The normalized spacial score (nSPS) is 29.5.